The summed E-state index contributed by atoms with van der Waals surface area (Å²) < 4.78 is 24.1. The monoisotopic (exact) mass is 239 g/mol. The molecule has 0 aliphatic heterocycles. The summed E-state index contributed by atoms with van der Waals surface area (Å²) >= 11 is 0. The van der Waals surface area contributed by atoms with E-state index in [0.717, 1.165) is 19.3 Å². The Morgan fingerprint density at radius 3 is 2.53 bits per heavy atom. The Labute approximate surface area is 101 Å². The van der Waals surface area contributed by atoms with Gasteiger partial charge in [-0.1, -0.05) is 0 Å². The molecule has 0 amide bonds. The third-order valence-electron chi connectivity index (χ3n) is 3.70. The minimum atomic E-state index is -0.360. The second kappa shape index (κ2) is 4.63. The minimum absolute atomic E-state index is 0.304. The molecule has 1 saturated carbocycles. The van der Waals surface area contributed by atoms with Gasteiger partial charge < -0.3 is 15.2 Å². The highest BCUT2D eigenvalue weighted by Gasteiger charge is 2.44. The van der Waals surface area contributed by atoms with Crippen LogP contribution in [0.1, 0.15) is 30.9 Å². The van der Waals surface area contributed by atoms with Gasteiger partial charge in [0.15, 0.2) is 0 Å². The van der Waals surface area contributed by atoms with Crippen molar-refractivity contribution in [3.05, 3.63) is 29.6 Å². The van der Waals surface area contributed by atoms with Crippen LogP contribution in [0.5, 0.6) is 5.75 Å². The Balaban J connectivity index is 2.35. The molecule has 3 nitrogen and oxygen atoms in total. The molecule has 1 aliphatic carbocycles. The van der Waals surface area contributed by atoms with Crippen molar-refractivity contribution in [2.75, 3.05) is 14.2 Å². The third-order valence-corrected chi connectivity index (χ3v) is 3.70. The lowest BCUT2D eigenvalue weighted by atomic mass is 9.72. The Morgan fingerprint density at radius 2 is 2.06 bits per heavy atom. The zero-order valence-corrected chi connectivity index (χ0v) is 10.2. The van der Waals surface area contributed by atoms with E-state index in [1.807, 2.05) is 0 Å². The molecule has 0 aromatic heterocycles. The first-order chi connectivity index (χ1) is 8.13. The number of nitrogens with two attached hydrogens (primary N) is 1. The molecular weight excluding hydrogens is 221 g/mol. The number of hydrogen-bond donors (Lipinski definition) is 1. The number of hydrogen-bond acceptors (Lipinski definition) is 3. The molecular formula is C13H18FNO2. The summed E-state index contributed by atoms with van der Waals surface area (Å²) in [5.41, 5.74) is 6.53. The molecule has 1 aliphatic rings. The van der Waals surface area contributed by atoms with E-state index in [1.165, 1.54) is 12.1 Å². The van der Waals surface area contributed by atoms with E-state index in [4.69, 9.17) is 15.2 Å². The molecule has 0 heterocycles. The maximum Gasteiger partial charge on any atom is 0.123 e. The van der Waals surface area contributed by atoms with Crippen LogP contribution in [0.2, 0.25) is 0 Å². The predicted molar refractivity (Wildman–Crippen MR) is 63.5 cm³/mol. The highest BCUT2D eigenvalue weighted by Crippen LogP contribution is 2.45. The number of rotatable bonds is 4. The Hall–Kier alpha value is -1.13. The van der Waals surface area contributed by atoms with Crippen molar-refractivity contribution in [1.82, 2.24) is 0 Å². The van der Waals surface area contributed by atoms with Crippen LogP contribution in [0, 0.1) is 5.82 Å². The molecule has 1 atom stereocenters. The maximum absolute atomic E-state index is 13.3. The number of benzene rings is 1. The maximum atomic E-state index is 13.3. The van der Waals surface area contributed by atoms with Crippen LogP contribution in [-0.4, -0.2) is 19.8 Å². The van der Waals surface area contributed by atoms with Gasteiger partial charge in [0.1, 0.15) is 11.6 Å². The smallest absolute Gasteiger partial charge is 0.123 e. The molecule has 1 aromatic rings. The van der Waals surface area contributed by atoms with Crippen LogP contribution in [-0.2, 0) is 4.74 Å². The van der Waals surface area contributed by atoms with Crippen LogP contribution < -0.4 is 10.5 Å². The molecule has 0 radical (unpaired) electrons. The topological polar surface area (TPSA) is 44.5 Å². The van der Waals surface area contributed by atoms with E-state index in [0.29, 0.717) is 11.3 Å². The average Bonchev–Trinajstić information content (AvgIpc) is 2.28. The zero-order valence-electron chi connectivity index (χ0n) is 10.2. The molecule has 0 bridgehead atoms. The Bertz CT molecular complexity index is 399. The van der Waals surface area contributed by atoms with Gasteiger partial charge in [-0.15, -0.1) is 0 Å². The average molecular weight is 239 g/mol. The summed E-state index contributed by atoms with van der Waals surface area (Å²) in [4.78, 5) is 0. The van der Waals surface area contributed by atoms with Crippen molar-refractivity contribution in [2.45, 2.75) is 30.9 Å². The second-order valence-corrected chi connectivity index (χ2v) is 4.49. The second-order valence-electron chi connectivity index (χ2n) is 4.49. The fraction of sp³-hybridized carbons (Fsp3) is 0.538. The fourth-order valence-corrected chi connectivity index (χ4v) is 2.40. The van der Waals surface area contributed by atoms with E-state index in [-0.39, 0.29) is 17.5 Å². The van der Waals surface area contributed by atoms with E-state index < -0.39 is 0 Å². The summed E-state index contributed by atoms with van der Waals surface area (Å²) in [7, 11) is 3.22. The number of ether oxygens (including phenoxy) is 2. The Morgan fingerprint density at radius 1 is 1.35 bits per heavy atom. The summed E-state index contributed by atoms with van der Waals surface area (Å²) in [6, 6.07) is 4.05. The van der Waals surface area contributed by atoms with Gasteiger partial charge in [0.05, 0.1) is 18.8 Å². The first kappa shape index (κ1) is 12.3. The molecule has 2 rings (SSSR count). The summed E-state index contributed by atoms with van der Waals surface area (Å²) in [5.74, 6) is 0.309. The first-order valence-corrected chi connectivity index (χ1v) is 5.77. The summed E-state index contributed by atoms with van der Waals surface area (Å²) in [6.45, 7) is 0. The molecule has 94 valence electrons. The SMILES string of the molecule is COc1ccc(F)cc1C(N)C1(OC)CCC1. The summed E-state index contributed by atoms with van der Waals surface area (Å²) in [6.07, 6.45) is 2.91. The molecule has 1 aromatic carbocycles. The van der Waals surface area contributed by atoms with Crippen molar-refractivity contribution < 1.29 is 13.9 Å². The molecule has 0 spiro atoms. The van der Waals surface area contributed by atoms with Gasteiger partial charge >= 0.3 is 0 Å². The third kappa shape index (κ3) is 2.03. The number of halogens is 1. The van der Waals surface area contributed by atoms with E-state index in [2.05, 4.69) is 0 Å². The van der Waals surface area contributed by atoms with Crippen LogP contribution in [0.3, 0.4) is 0 Å². The van der Waals surface area contributed by atoms with Gasteiger partial charge in [-0.3, -0.25) is 0 Å². The van der Waals surface area contributed by atoms with Crippen molar-refractivity contribution in [2.24, 2.45) is 5.73 Å². The van der Waals surface area contributed by atoms with Gasteiger partial charge in [-0.2, -0.15) is 0 Å². The van der Waals surface area contributed by atoms with E-state index >= 15 is 0 Å². The van der Waals surface area contributed by atoms with Crippen molar-refractivity contribution in [3.63, 3.8) is 0 Å². The van der Waals surface area contributed by atoms with E-state index in [9.17, 15) is 4.39 Å². The highest BCUT2D eigenvalue weighted by molar-refractivity contribution is 5.38. The number of methoxy groups -OCH3 is 2. The van der Waals surface area contributed by atoms with Crippen LogP contribution >= 0.6 is 0 Å². The Kier molecular flexibility index (Phi) is 3.35. The first-order valence-electron chi connectivity index (χ1n) is 5.77. The summed E-state index contributed by atoms with van der Waals surface area (Å²) in [5, 5.41) is 0. The van der Waals surface area contributed by atoms with Crippen molar-refractivity contribution >= 4 is 0 Å². The predicted octanol–water partition coefficient (Wildman–Crippen LogP) is 2.40. The quantitative estimate of drug-likeness (QED) is 0.877. The van der Waals surface area contributed by atoms with Gasteiger partial charge in [0, 0.05) is 12.7 Å². The fourth-order valence-electron chi connectivity index (χ4n) is 2.40. The molecule has 1 unspecified atom stereocenters. The lowest BCUT2D eigenvalue weighted by Crippen LogP contribution is -2.48. The molecule has 4 heteroatoms. The molecule has 0 saturated heterocycles. The van der Waals surface area contributed by atoms with E-state index in [1.54, 1.807) is 20.3 Å². The lowest BCUT2D eigenvalue weighted by molar-refractivity contribution is -0.0915. The van der Waals surface area contributed by atoms with Gasteiger partial charge in [0.2, 0.25) is 0 Å². The van der Waals surface area contributed by atoms with Crippen molar-refractivity contribution in [3.8, 4) is 5.75 Å². The zero-order chi connectivity index (χ0) is 12.5. The van der Waals surface area contributed by atoms with Crippen LogP contribution in [0.15, 0.2) is 18.2 Å². The molecule has 17 heavy (non-hydrogen) atoms. The van der Waals surface area contributed by atoms with Gasteiger partial charge in [-0.05, 0) is 37.5 Å². The lowest BCUT2D eigenvalue weighted by Gasteiger charge is -2.45. The highest BCUT2D eigenvalue weighted by atomic mass is 19.1. The minimum Gasteiger partial charge on any atom is -0.496 e. The van der Waals surface area contributed by atoms with Crippen molar-refractivity contribution in [1.29, 1.82) is 0 Å². The van der Waals surface area contributed by atoms with Gasteiger partial charge in [0.25, 0.3) is 0 Å². The molecule has 1 fully saturated rings. The van der Waals surface area contributed by atoms with Gasteiger partial charge in [-0.25, -0.2) is 4.39 Å². The molecule has 2 N–H and O–H groups in total. The largest absolute Gasteiger partial charge is 0.496 e. The van der Waals surface area contributed by atoms with Crippen LogP contribution in [0.4, 0.5) is 4.39 Å². The standard InChI is InChI=1S/C13H18FNO2/c1-16-11-5-4-9(14)8-10(11)12(15)13(17-2)6-3-7-13/h4-5,8,12H,3,6-7,15H2,1-2H3. The normalized spacial score (nSPS) is 19.5. The van der Waals surface area contributed by atoms with Crippen LogP contribution in [0.25, 0.3) is 0 Å².